The molecule has 0 fully saturated rings. The van der Waals surface area contributed by atoms with Gasteiger partial charge in [0.2, 0.25) is 5.91 Å². The molecule has 0 saturated heterocycles. The predicted molar refractivity (Wildman–Crippen MR) is 80.2 cm³/mol. The van der Waals surface area contributed by atoms with Crippen molar-refractivity contribution in [2.24, 2.45) is 5.92 Å². The molecule has 0 rings (SSSR count). The van der Waals surface area contributed by atoms with Crippen LogP contribution in [-0.4, -0.2) is 30.9 Å². The zero-order chi connectivity index (χ0) is 15.4. The fourth-order valence-electron chi connectivity index (χ4n) is 1.73. The van der Waals surface area contributed by atoms with E-state index in [1.807, 2.05) is 27.7 Å². The molecule has 5 heteroatoms. The van der Waals surface area contributed by atoms with Crippen molar-refractivity contribution in [3.63, 3.8) is 0 Å². The summed E-state index contributed by atoms with van der Waals surface area (Å²) in [5.41, 5.74) is 2.43. The molecule has 0 aliphatic carbocycles. The molecule has 1 atom stereocenters. The van der Waals surface area contributed by atoms with Crippen LogP contribution in [0, 0.1) is 5.92 Å². The second-order valence-electron chi connectivity index (χ2n) is 5.43. The molecule has 0 aromatic heterocycles. The molecule has 0 spiro atoms. The van der Waals surface area contributed by atoms with Gasteiger partial charge in [-0.25, -0.2) is 5.48 Å². The number of carbonyl (C=O) groups is 2. The van der Waals surface area contributed by atoms with E-state index in [1.54, 1.807) is 0 Å². The molecule has 0 bridgehead atoms. The Bertz CT molecular complexity index is 280. The summed E-state index contributed by atoms with van der Waals surface area (Å²) in [6.45, 7) is 9.23. The van der Waals surface area contributed by atoms with E-state index in [2.05, 4.69) is 10.8 Å². The number of hydroxylamine groups is 1. The summed E-state index contributed by atoms with van der Waals surface area (Å²) >= 11 is 0. The van der Waals surface area contributed by atoms with Gasteiger partial charge >= 0.3 is 0 Å². The smallest absolute Gasteiger partial charge is 0.243 e. The third kappa shape index (κ3) is 10.9. The molecule has 1 amide bonds. The lowest BCUT2D eigenvalue weighted by Gasteiger charge is -2.10. The lowest BCUT2D eigenvalue weighted by Crippen LogP contribution is -2.27. The fourth-order valence-corrected chi connectivity index (χ4v) is 1.73. The van der Waals surface area contributed by atoms with Gasteiger partial charge in [-0.15, -0.1) is 0 Å². The van der Waals surface area contributed by atoms with Crippen LogP contribution in [0.4, 0.5) is 0 Å². The van der Waals surface area contributed by atoms with Gasteiger partial charge in [-0.05, 0) is 33.2 Å². The standard InChI is InChI=1S/C15H30N2O3/c1-5-14(18)13(4)11-16-10-8-6-7-9-15(19)17-20-12(2)3/h12-13,16H,5-11H2,1-4H3,(H,17,19). The number of nitrogens with one attached hydrogen (secondary N) is 2. The summed E-state index contributed by atoms with van der Waals surface area (Å²) in [5.74, 6) is 0.340. The predicted octanol–water partition coefficient (Wildman–Crippen LogP) is 2.21. The summed E-state index contributed by atoms with van der Waals surface area (Å²) < 4.78 is 0. The molecule has 0 aromatic carbocycles. The maximum atomic E-state index is 11.4. The van der Waals surface area contributed by atoms with Crippen molar-refractivity contribution < 1.29 is 14.4 Å². The molecule has 0 heterocycles. The first-order valence-corrected chi connectivity index (χ1v) is 7.65. The van der Waals surface area contributed by atoms with Crippen LogP contribution < -0.4 is 10.8 Å². The van der Waals surface area contributed by atoms with E-state index in [-0.39, 0.29) is 17.9 Å². The Balaban J connectivity index is 3.36. The van der Waals surface area contributed by atoms with Crippen molar-refractivity contribution in [2.75, 3.05) is 13.1 Å². The third-order valence-electron chi connectivity index (χ3n) is 3.01. The molecule has 1 unspecified atom stereocenters. The lowest BCUT2D eigenvalue weighted by molar-refractivity contribution is -0.137. The van der Waals surface area contributed by atoms with Gasteiger partial charge in [0.05, 0.1) is 6.10 Å². The van der Waals surface area contributed by atoms with E-state index < -0.39 is 0 Å². The number of ketones is 1. The summed E-state index contributed by atoms with van der Waals surface area (Å²) in [7, 11) is 0. The number of Topliss-reactive ketones (excluding diaryl/α,β-unsaturated/α-hetero) is 1. The summed E-state index contributed by atoms with van der Waals surface area (Å²) in [4.78, 5) is 27.7. The van der Waals surface area contributed by atoms with Crippen molar-refractivity contribution in [3.8, 4) is 0 Å². The van der Waals surface area contributed by atoms with Crippen LogP contribution in [0.2, 0.25) is 0 Å². The Morgan fingerprint density at radius 2 is 1.80 bits per heavy atom. The van der Waals surface area contributed by atoms with Gasteiger partial charge < -0.3 is 5.32 Å². The highest BCUT2D eigenvalue weighted by Crippen LogP contribution is 2.01. The Hall–Kier alpha value is -0.940. The maximum absolute atomic E-state index is 11.4. The number of rotatable bonds is 12. The Labute approximate surface area is 122 Å². The van der Waals surface area contributed by atoms with Crippen molar-refractivity contribution in [1.82, 2.24) is 10.8 Å². The first kappa shape index (κ1) is 19.1. The molecule has 118 valence electrons. The van der Waals surface area contributed by atoms with E-state index in [4.69, 9.17) is 4.84 Å². The zero-order valence-corrected chi connectivity index (χ0v) is 13.3. The molecular weight excluding hydrogens is 256 g/mol. The SMILES string of the molecule is CCC(=O)C(C)CNCCCCCC(=O)NOC(C)C. The van der Waals surface area contributed by atoms with E-state index in [0.717, 1.165) is 32.4 Å². The minimum Gasteiger partial charge on any atom is -0.316 e. The summed E-state index contributed by atoms with van der Waals surface area (Å²) in [5, 5.41) is 3.28. The van der Waals surface area contributed by atoms with Gasteiger partial charge in [0.1, 0.15) is 5.78 Å². The topological polar surface area (TPSA) is 67.4 Å². The van der Waals surface area contributed by atoms with E-state index in [1.165, 1.54) is 0 Å². The van der Waals surface area contributed by atoms with Gasteiger partial charge in [-0.3, -0.25) is 14.4 Å². The van der Waals surface area contributed by atoms with Gasteiger partial charge in [-0.2, -0.15) is 0 Å². The largest absolute Gasteiger partial charge is 0.316 e. The molecular formula is C15H30N2O3. The quantitative estimate of drug-likeness (QED) is 0.426. The minimum atomic E-state index is -0.0613. The van der Waals surface area contributed by atoms with E-state index in [9.17, 15) is 9.59 Å². The Kier molecular flexibility index (Phi) is 11.3. The van der Waals surface area contributed by atoms with E-state index in [0.29, 0.717) is 18.6 Å². The van der Waals surface area contributed by atoms with Gasteiger partial charge in [0.15, 0.2) is 0 Å². The number of amides is 1. The first-order valence-electron chi connectivity index (χ1n) is 7.65. The highest BCUT2D eigenvalue weighted by molar-refractivity contribution is 5.80. The second kappa shape index (κ2) is 11.9. The van der Waals surface area contributed by atoms with Crippen LogP contribution in [0.25, 0.3) is 0 Å². The summed E-state index contributed by atoms with van der Waals surface area (Å²) in [6, 6.07) is 0. The molecule has 20 heavy (non-hydrogen) atoms. The lowest BCUT2D eigenvalue weighted by atomic mass is 10.0. The number of hydrogen-bond donors (Lipinski definition) is 2. The van der Waals surface area contributed by atoms with Gasteiger partial charge in [0.25, 0.3) is 0 Å². The van der Waals surface area contributed by atoms with Crippen LogP contribution >= 0.6 is 0 Å². The average Bonchev–Trinajstić information content (AvgIpc) is 2.42. The molecule has 2 N–H and O–H groups in total. The van der Waals surface area contributed by atoms with Gasteiger partial charge in [-0.1, -0.05) is 20.3 Å². The molecule has 0 aliphatic heterocycles. The highest BCUT2D eigenvalue weighted by atomic mass is 16.7. The second-order valence-corrected chi connectivity index (χ2v) is 5.43. The molecule has 0 radical (unpaired) electrons. The molecule has 5 nitrogen and oxygen atoms in total. The molecule has 0 aromatic rings. The maximum Gasteiger partial charge on any atom is 0.243 e. The van der Waals surface area contributed by atoms with Crippen molar-refractivity contribution >= 4 is 11.7 Å². The van der Waals surface area contributed by atoms with Crippen molar-refractivity contribution in [3.05, 3.63) is 0 Å². The minimum absolute atomic E-state index is 0.0102. The van der Waals surface area contributed by atoms with Crippen molar-refractivity contribution in [2.45, 2.75) is 65.9 Å². The number of hydrogen-bond acceptors (Lipinski definition) is 4. The van der Waals surface area contributed by atoms with Crippen LogP contribution in [0.5, 0.6) is 0 Å². The fraction of sp³-hybridized carbons (Fsp3) is 0.867. The van der Waals surface area contributed by atoms with Crippen LogP contribution in [0.15, 0.2) is 0 Å². The van der Waals surface area contributed by atoms with E-state index >= 15 is 0 Å². The Morgan fingerprint density at radius 3 is 2.40 bits per heavy atom. The Morgan fingerprint density at radius 1 is 1.10 bits per heavy atom. The normalized spacial score (nSPS) is 12.4. The first-order chi connectivity index (χ1) is 9.47. The molecule has 0 saturated carbocycles. The highest BCUT2D eigenvalue weighted by Gasteiger charge is 2.09. The monoisotopic (exact) mass is 286 g/mol. The summed E-state index contributed by atoms with van der Waals surface area (Å²) in [6.07, 6.45) is 3.99. The van der Waals surface area contributed by atoms with Crippen molar-refractivity contribution in [1.29, 1.82) is 0 Å². The van der Waals surface area contributed by atoms with Gasteiger partial charge in [0, 0.05) is 25.3 Å². The zero-order valence-electron chi connectivity index (χ0n) is 13.3. The van der Waals surface area contributed by atoms with Crippen LogP contribution in [0.3, 0.4) is 0 Å². The average molecular weight is 286 g/mol. The van der Waals surface area contributed by atoms with Crippen LogP contribution in [-0.2, 0) is 14.4 Å². The van der Waals surface area contributed by atoms with Crippen LogP contribution in [0.1, 0.15) is 59.8 Å². The third-order valence-corrected chi connectivity index (χ3v) is 3.01. The molecule has 0 aliphatic rings. The number of unbranched alkanes of at least 4 members (excludes halogenated alkanes) is 2. The number of carbonyl (C=O) groups excluding carboxylic acids is 2.